The van der Waals surface area contributed by atoms with Crippen molar-refractivity contribution in [2.75, 3.05) is 4.90 Å². The molecule has 2 heterocycles. The molecule has 0 radical (unpaired) electrons. The summed E-state index contributed by atoms with van der Waals surface area (Å²) in [7, 11) is 0. The van der Waals surface area contributed by atoms with Gasteiger partial charge in [-0.15, -0.1) is 11.3 Å². The van der Waals surface area contributed by atoms with E-state index in [2.05, 4.69) is 13.0 Å². The first-order valence-corrected chi connectivity index (χ1v) is 11.1. The number of nitriles is 1. The molecule has 31 heavy (non-hydrogen) atoms. The SMILES string of the molecule is CCc1ccc(C2C(C#N)=C(N)N(c3ccc([N+](=O)[O-])cc3Cl)C3=C2C(=O)CCC3)s1. The summed E-state index contributed by atoms with van der Waals surface area (Å²) in [6, 6.07) is 10.3. The molecule has 158 valence electrons. The van der Waals surface area contributed by atoms with Gasteiger partial charge in [0.1, 0.15) is 5.82 Å². The zero-order chi connectivity index (χ0) is 22.3. The molecule has 7 nitrogen and oxygen atoms in total. The molecule has 1 unspecified atom stereocenters. The molecule has 0 amide bonds. The number of ketones is 1. The molecule has 0 saturated carbocycles. The van der Waals surface area contributed by atoms with Crippen LogP contribution < -0.4 is 10.6 Å². The zero-order valence-corrected chi connectivity index (χ0v) is 18.3. The van der Waals surface area contributed by atoms with Gasteiger partial charge in [0.25, 0.3) is 5.69 Å². The van der Waals surface area contributed by atoms with Crippen LogP contribution in [-0.4, -0.2) is 10.7 Å². The van der Waals surface area contributed by atoms with Gasteiger partial charge in [-0.25, -0.2) is 0 Å². The van der Waals surface area contributed by atoms with Crippen LogP contribution in [0.1, 0.15) is 41.9 Å². The van der Waals surface area contributed by atoms with Crippen LogP contribution in [0.5, 0.6) is 0 Å². The highest BCUT2D eigenvalue weighted by Gasteiger charge is 2.41. The second-order valence-electron chi connectivity index (χ2n) is 7.37. The van der Waals surface area contributed by atoms with Crippen LogP contribution in [0, 0.1) is 21.4 Å². The Morgan fingerprint density at radius 1 is 1.35 bits per heavy atom. The molecule has 1 aromatic carbocycles. The van der Waals surface area contributed by atoms with Crippen molar-refractivity contribution in [1.29, 1.82) is 5.26 Å². The molecular weight excluding hydrogens is 436 g/mol. The number of non-ortho nitro benzene ring substituents is 1. The van der Waals surface area contributed by atoms with E-state index in [1.807, 2.05) is 12.1 Å². The van der Waals surface area contributed by atoms with E-state index in [9.17, 15) is 20.2 Å². The summed E-state index contributed by atoms with van der Waals surface area (Å²) in [5, 5.41) is 21.2. The number of halogens is 1. The minimum Gasteiger partial charge on any atom is -0.384 e. The first kappa shape index (κ1) is 21.1. The predicted molar refractivity (Wildman–Crippen MR) is 120 cm³/mol. The van der Waals surface area contributed by atoms with Gasteiger partial charge in [-0.3, -0.25) is 19.8 Å². The lowest BCUT2D eigenvalue weighted by Crippen LogP contribution is -2.38. The van der Waals surface area contributed by atoms with E-state index in [1.165, 1.54) is 18.2 Å². The largest absolute Gasteiger partial charge is 0.384 e. The molecule has 2 aromatic rings. The first-order valence-electron chi connectivity index (χ1n) is 9.86. The Balaban J connectivity index is 1.94. The highest BCUT2D eigenvalue weighted by atomic mass is 35.5. The van der Waals surface area contributed by atoms with E-state index < -0.39 is 10.8 Å². The second-order valence-corrected chi connectivity index (χ2v) is 8.97. The Morgan fingerprint density at radius 2 is 2.13 bits per heavy atom. The number of nitro benzene ring substituents is 1. The maximum Gasteiger partial charge on any atom is 0.271 e. The number of benzene rings is 1. The maximum atomic E-state index is 13.1. The minimum absolute atomic E-state index is 0.0130. The number of rotatable bonds is 4. The lowest BCUT2D eigenvalue weighted by molar-refractivity contribution is -0.384. The Bertz CT molecular complexity index is 1210. The number of Topliss-reactive ketones (excluding diaryl/α,β-unsaturated/α-hetero) is 1. The summed E-state index contributed by atoms with van der Waals surface area (Å²) in [4.78, 5) is 27.4. The van der Waals surface area contributed by atoms with E-state index >= 15 is 0 Å². The van der Waals surface area contributed by atoms with Gasteiger partial charge in [0, 0.05) is 39.6 Å². The van der Waals surface area contributed by atoms with Crippen molar-refractivity contribution in [3.05, 3.63) is 77.9 Å². The molecule has 1 aliphatic carbocycles. The smallest absolute Gasteiger partial charge is 0.271 e. The molecule has 2 aliphatic rings. The number of carbonyl (C=O) groups is 1. The molecule has 0 spiro atoms. The van der Waals surface area contributed by atoms with Crippen molar-refractivity contribution < 1.29 is 9.72 Å². The van der Waals surface area contributed by atoms with Crippen LogP contribution in [0.15, 0.2) is 53.0 Å². The molecule has 0 bridgehead atoms. The summed E-state index contributed by atoms with van der Waals surface area (Å²) in [6.45, 7) is 2.06. The highest BCUT2D eigenvalue weighted by molar-refractivity contribution is 7.12. The van der Waals surface area contributed by atoms with E-state index in [-0.39, 0.29) is 27.9 Å². The van der Waals surface area contributed by atoms with Crippen LogP contribution in [0.25, 0.3) is 0 Å². The van der Waals surface area contributed by atoms with Crippen LogP contribution in [0.4, 0.5) is 11.4 Å². The number of nitrogens with two attached hydrogens (primary N) is 1. The van der Waals surface area contributed by atoms with Crippen LogP contribution in [-0.2, 0) is 11.2 Å². The molecule has 9 heteroatoms. The van der Waals surface area contributed by atoms with Gasteiger partial charge in [0.15, 0.2) is 5.78 Å². The quantitative estimate of drug-likeness (QED) is 0.503. The van der Waals surface area contributed by atoms with Gasteiger partial charge < -0.3 is 5.73 Å². The average molecular weight is 455 g/mol. The van der Waals surface area contributed by atoms with Crippen LogP contribution in [0.2, 0.25) is 5.02 Å². The standard InChI is InChI=1S/C22H19ClN4O3S/c1-2-13-7-9-19(31-13)20-14(11-24)22(25)26(17-4-3-5-18(28)21(17)20)16-8-6-12(27(29)30)10-15(16)23/h6-10,20H,2-5,25H2,1H3. The average Bonchev–Trinajstić information content (AvgIpc) is 3.22. The van der Waals surface area contributed by atoms with Gasteiger partial charge >= 0.3 is 0 Å². The lowest BCUT2D eigenvalue weighted by Gasteiger charge is -2.39. The van der Waals surface area contributed by atoms with Crippen LogP contribution >= 0.6 is 22.9 Å². The van der Waals surface area contributed by atoms with Gasteiger partial charge in [-0.2, -0.15) is 5.26 Å². The van der Waals surface area contributed by atoms with Crippen molar-refractivity contribution >= 4 is 40.1 Å². The van der Waals surface area contributed by atoms with Crippen LogP contribution in [0.3, 0.4) is 0 Å². The number of allylic oxidation sites excluding steroid dienone is 3. The molecule has 1 aromatic heterocycles. The number of nitro groups is 1. The molecule has 1 aliphatic heterocycles. The van der Waals surface area contributed by atoms with Gasteiger partial charge in [-0.05, 0) is 37.5 Å². The number of anilines is 1. The van der Waals surface area contributed by atoms with Crippen molar-refractivity contribution in [1.82, 2.24) is 0 Å². The lowest BCUT2D eigenvalue weighted by atomic mass is 9.78. The predicted octanol–water partition coefficient (Wildman–Crippen LogP) is 5.18. The summed E-state index contributed by atoms with van der Waals surface area (Å²) in [6.07, 6.45) is 2.52. The van der Waals surface area contributed by atoms with E-state index in [1.54, 1.807) is 16.2 Å². The molecule has 1 atom stereocenters. The molecule has 0 fully saturated rings. The number of aryl methyl sites for hydroxylation is 1. The normalized spacial score (nSPS) is 18.8. The zero-order valence-electron chi connectivity index (χ0n) is 16.7. The number of hydrogen-bond acceptors (Lipinski definition) is 7. The second kappa shape index (κ2) is 8.17. The number of nitrogens with zero attached hydrogens (tertiary/aromatic N) is 3. The Morgan fingerprint density at radius 3 is 2.74 bits per heavy atom. The number of carbonyl (C=O) groups excluding carboxylic acids is 1. The molecular formula is C22H19ClN4O3S. The minimum atomic E-state index is -0.529. The van der Waals surface area contributed by atoms with E-state index in [0.717, 1.165) is 16.2 Å². The fourth-order valence-corrected chi connectivity index (χ4v) is 5.51. The summed E-state index contributed by atoms with van der Waals surface area (Å²) < 4.78 is 0. The van der Waals surface area contributed by atoms with Gasteiger partial charge in [-0.1, -0.05) is 18.5 Å². The fraction of sp³-hybridized carbons (Fsp3) is 0.273. The Hall–Kier alpha value is -3.15. The third-order valence-corrected chi connectivity index (χ3v) is 7.21. The summed E-state index contributed by atoms with van der Waals surface area (Å²) >= 11 is 7.97. The summed E-state index contributed by atoms with van der Waals surface area (Å²) in [5.41, 5.74) is 8.33. The third kappa shape index (κ3) is 3.50. The monoisotopic (exact) mass is 454 g/mol. The van der Waals surface area contributed by atoms with E-state index in [0.29, 0.717) is 36.2 Å². The van der Waals surface area contributed by atoms with Crippen molar-refractivity contribution in [2.24, 2.45) is 5.73 Å². The number of hydrogen-bond donors (Lipinski definition) is 1. The van der Waals surface area contributed by atoms with E-state index in [4.69, 9.17) is 17.3 Å². The van der Waals surface area contributed by atoms with Crippen molar-refractivity contribution in [2.45, 2.75) is 38.5 Å². The first-order chi connectivity index (χ1) is 14.9. The Kier molecular flexibility index (Phi) is 5.56. The van der Waals surface area contributed by atoms with Gasteiger partial charge in [0.05, 0.1) is 33.2 Å². The van der Waals surface area contributed by atoms with Crippen molar-refractivity contribution in [3.8, 4) is 6.07 Å². The van der Waals surface area contributed by atoms with Gasteiger partial charge in [0.2, 0.25) is 0 Å². The third-order valence-electron chi connectivity index (χ3n) is 5.61. The number of thiophene rings is 1. The highest BCUT2D eigenvalue weighted by Crippen LogP contribution is 2.48. The molecule has 2 N–H and O–H groups in total. The molecule has 4 rings (SSSR count). The van der Waals surface area contributed by atoms with Crippen molar-refractivity contribution in [3.63, 3.8) is 0 Å². The maximum absolute atomic E-state index is 13.1. The molecule has 0 saturated heterocycles. The summed E-state index contributed by atoms with van der Waals surface area (Å²) in [5.74, 6) is -0.324. The fourth-order valence-electron chi connectivity index (χ4n) is 4.18. The topological polar surface area (TPSA) is 113 Å². The Labute approximate surface area is 188 Å².